The van der Waals surface area contributed by atoms with Crippen molar-refractivity contribution in [2.45, 2.75) is 334 Å². The second-order valence-corrected chi connectivity index (χ2v) is 19.6. The Labute approximate surface area is 382 Å². The predicted molar refractivity (Wildman–Crippen MR) is 269 cm³/mol. The van der Waals surface area contributed by atoms with E-state index in [4.69, 9.17) is 0 Å². The van der Waals surface area contributed by atoms with E-state index >= 15 is 0 Å². The molecule has 0 saturated carbocycles. The molecule has 3 atom stereocenters. The van der Waals surface area contributed by atoms with Gasteiger partial charge in [-0.3, -0.25) is 4.79 Å². The third kappa shape index (κ3) is 48.4. The molecule has 0 aromatic rings. The molecule has 0 rings (SSSR count). The van der Waals surface area contributed by atoms with Gasteiger partial charge in [-0.05, 0) is 38.5 Å². The molecular weight excluding hydrogens is 751 g/mol. The van der Waals surface area contributed by atoms with Crippen molar-refractivity contribution in [2.75, 3.05) is 6.61 Å². The van der Waals surface area contributed by atoms with Crippen molar-refractivity contribution in [3.8, 4) is 0 Å². The van der Waals surface area contributed by atoms with Gasteiger partial charge < -0.3 is 20.6 Å². The van der Waals surface area contributed by atoms with E-state index in [0.717, 1.165) is 25.7 Å². The van der Waals surface area contributed by atoms with Crippen LogP contribution in [0, 0.1) is 0 Å². The molecule has 5 nitrogen and oxygen atoms in total. The lowest BCUT2D eigenvalue weighted by atomic mass is 10.0. The maximum atomic E-state index is 12.5. The number of rotatable bonds is 52. The second-order valence-electron chi connectivity index (χ2n) is 19.6. The highest BCUT2D eigenvalue weighted by molar-refractivity contribution is 5.76. The average Bonchev–Trinajstić information content (AvgIpc) is 3.25. The third-order valence-electron chi connectivity index (χ3n) is 13.3. The molecule has 364 valence electrons. The first kappa shape index (κ1) is 60.1. The summed E-state index contributed by atoms with van der Waals surface area (Å²) < 4.78 is 0. The van der Waals surface area contributed by atoms with Gasteiger partial charge in [0, 0.05) is 0 Å². The summed E-state index contributed by atoms with van der Waals surface area (Å²) in [5.41, 5.74) is 0. The van der Waals surface area contributed by atoms with Crippen LogP contribution in [0.15, 0.2) is 12.2 Å². The van der Waals surface area contributed by atoms with Crippen molar-refractivity contribution in [2.24, 2.45) is 0 Å². The first-order valence-corrected chi connectivity index (χ1v) is 28.0. The number of carbonyl (C=O) groups is 1. The summed E-state index contributed by atoms with van der Waals surface area (Å²) in [6.45, 7) is 4.30. The SMILES string of the molecule is CCCCCCCCCCCCCC/C=C\CCCCCCCCCCCC(O)CC(=O)NC(CO)C(O)CCCCCCCCCCCCCCCCCCCCCCC. The van der Waals surface area contributed by atoms with E-state index < -0.39 is 18.2 Å². The van der Waals surface area contributed by atoms with Crippen molar-refractivity contribution in [1.29, 1.82) is 0 Å². The highest BCUT2D eigenvalue weighted by Crippen LogP contribution is 2.18. The maximum absolute atomic E-state index is 12.5. The van der Waals surface area contributed by atoms with Crippen LogP contribution in [-0.4, -0.2) is 46.1 Å². The standard InChI is InChI=1S/C56H111NO4/c1-3-5-7-9-11-13-15-17-19-21-23-25-26-27-28-30-31-33-35-37-39-41-43-45-47-49-53(59)51-56(61)57-54(52-58)55(60)50-48-46-44-42-40-38-36-34-32-29-24-22-20-18-16-14-12-10-8-6-4-2/h27-28,53-55,58-60H,3-26,29-52H2,1-2H3,(H,57,61)/b28-27-. The molecular formula is C56H111NO4. The molecule has 5 heteroatoms. The molecule has 1 amide bonds. The van der Waals surface area contributed by atoms with E-state index in [9.17, 15) is 20.1 Å². The van der Waals surface area contributed by atoms with Crippen LogP contribution < -0.4 is 5.32 Å². The Hall–Kier alpha value is -0.910. The Bertz CT molecular complexity index is 864. The topological polar surface area (TPSA) is 89.8 Å². The minimum Gasteiger partial charge on any atom is -0.394 e. The molecule has 4 N–H and O–H groups in total. The number of allylic oxidation sites excluding steroid dienone is 2. The number of hydrogen-bond donors (Lipinski definition) is 4. The summed E-state index contributed by atoms with van der Waals surface area (Å²) in [6, 6.07) is -0.657. The van der Waals surface area contributed by atoms with Gasteiger partial charge in [0.1, 0.15) is 0 Å². The van der Waals surface area contributed by atoms with Gasteiger partial charge in [0.05, 0.1) is 31.3 Å². The number of aliphatic hydroxyl groups is 3. The molecule has 0 heterocycles. The quantitative estimate of drug-likeness (QED) is 0.0362. The summed E-state index contributed by atoms with van der Waals surface area (Å²) in [5.74, 6) is -0.278. The van der Waals surface area contributed by atoms with E-state index in [1.165, 1.54) is 257 Å². The highest BCUT2D eigenvalue weighted by Gasteiger charge is 2.21. The first-order chi connectivity index (χ1) is 30.0. The van der Waals surface area contributed by atoms with Crippen LogP contribution in [0.5, 0.6) is 0 Å². The molecule has 61 heavy (non-hydrogen) atoms. The highest BCUT2D eigenvalue weighted by atomic mass is 16.3. The van der Waals surface area contributed by atoms with Gasteiger partial charge >= 0.3 is 0 Å². The minimum atomic E-state index is -0.748. The van der Waals surface area contributed by atoms with Crippen LogP contribution in [-0.2, 0) is 4.79 Å². The molecule has 0 aliphatic heterocycles. The Kier molecular flexibility index (Phi) is 51.0. The molecule has 0 aliphatic rings. The van der Waals surface area contributed by atoms with Crippen molar-refractivity contribution < 1.29 is 20.1 Å². The lowest BCUT2D eigenvalue weighted by Gasteiger charge is -2.23. The molecule has 0 aromatic carbocycles. The fourth-order valence-electron chi connectivity index (χ4n) is 9.05. The lowest BCUT2D eigenvalue weighted by molar-refractivity contribution is -0.125. The van der Waals surface area contributed by atoms with Crippen molar-refractivity contribution in [3.63, 3.8) is 0 Å². The molecule has 0 radical (unpaired) electrons. The van der Waals surface area contributed by atoms with Gasteiger partial charge in [-0.2, -0.15) is 0 Å². The van der Waals surface area contributed by atoms with Crippen LogP contribution in [0.3, 0.4) is 0 Å². The van der Waals surface area contributed by atoms with E-state index in [-0.39, 0.29) is 18.9 Å². The Morgan fingerprint density at radius 2 is 0.656 bits per heavy atom. The zero-order valence-corrected chi connectivity index (χ0v) is 41.6. The number of nitrogens with one attached hydrogen (secondary N) is 1. The first-order valence-electron chi connectivity index (χ1n) is 28.0. The van der Waals surface area contributed by atoms with E-state index in [0.29, 0.717) is 12.8 Å². The average molecular weight is 863 g/mol. The summed E-state index contributed by atoms with van der Waals surface area (Å²) >= 11 is 0. The number of amides is 1. The van der Waals surface area contributed by atoms with Crippen molar-refractivity contribution in [1.82, 2.24) is 5.32 Å². The summed E-state index contributed by atoms with van der Waals surface area (Å²) in [4.78, 5) is 12.5. The number of unbranched alkanes of at least 4 members (excludes halogenated alkanes) is 41. The molecule has 0 aromatic heterocycles. The van der Waals surface area contributed by atoms with Crippen LogP contribution in [0.25, 0.3) is 0 Å². The Balaban J connectivity index is 3.52. The van der Waals surface area contributed by atoms with Gasteiger partial charge in [0.25, 0.3) is 0 Å². The predicted octanol–water partition coefficient (Wildman–Crippen LogP) is 17.1. The fourth-order valence-corrected chi connectivity index (χ4v) is 9.05. The van der Waals surface area contributed by atoms with E-state index in [1.807, 2.05) is 0 Å². The van der Waals surface area contributed by atoms with E-state index in [2.05, 4.69) is 31.3 Å². The summed E-state index contributed by atoms with van der Waals surface area (Å²) in [7, 11) is 0. The van der Waals surface area contributed by atoms with Gasteiger partial charge in [0.15, 0.2) is 0 Å². The number of hydrogen-bond acceptors (Lipinski definition) is 4. The van der Waals surface area contributed by atoms with Crippen LogP contribution >= 0.6 is 0 Å². The van der Waals surface area contributed by atoms with Gasteiger partial charge in [0.2, 0.25) is 5.91 Å². The fraction of sp³-hybridized carbons (Fsp3) is 0.946. The Morgan fingerprint density at radius 1 is 0.393 bits per heavy atom. The van der Waals surface area contributed by atoms with Crippen molar-refractivity contribution in [3.05, 3.63) is 12.2 Å². The zero-order chi connectivity index (χ0) is 44.4. The van der Waals surface area contributed by atoms with Crippen molar-refractivity contribution >= 4 is 5.91 Å². The van der Waals surface area contributed by atoms with Gasteiger partial charge in [-0.25, -0.2) is 0 Å². The Morgan fingerprint density at radius 3 is 0.951 bits per heavy atom. The van der Waals surface area contributed by atoms with Crippen LogP contribution in [0.4, 0.5) is 0 Å². The summed E-state index contributed by atoms with van der Waals surface area (Å²) in [6.07, 6.45) is 63.6. The molecule has 0 spiro atoms. The largest absolute Gasteiger partial charge is 0.394 e. The molecule has 0 aliphatic carbocycles. The summed E-state index contributed by atoms with van der Waals surface area (Å²) in [5, 5.41) is 33.6. The monoisotopic (exact) mass is 862 g/mol. The molecule has 0 bridgehead atoms. The lowest BCUT2D eigenvalue weighted by Crippen LogP contribution is -2.46. The second kappa shape index (κ2) is 51.7. The molecule has 0 fully saturated rings. The van der Waals surface area contributed by atoms with E-state index in [1.54, 1.807) is 0 Å². The van der Waals surface area contributed by atoms with Crippen LogP contribution in [0.2, 0.25) is 0 Å². The zero-order valence-electron chi connectivity index (χ0n) is 41.6. The maximum Gasteiger partial charge on any atom is 0.222 e. The number of aliphatic hydroxyl groups excluding tert-OH is 3. The third-order valence-corrected chi connectivity index (χ3v) is 13.3. The van der Waals surface area contributed by atoms with Gasteiger partial charge in [-0.15, -0.1) is 0 Å². The number of carbonyl (C=O) groups excluding carboxylic acids is 1. The molecule has 3 unspecified atom stereocenters. The minimum absolute atomic E-state index is 0.0389. The smallest absolute Gasteiger partial charge is 0.222 e. The van der Waals surface area contributed by atoms with Crippen LogP contribution in [0.1, 0.15) is 316 Å². The normalized spacial score (nSPS) is 13.3. The molecule has 0 saturated heterocycles. The van der Waals surface area contributed by atoms with Gasteiger partial charge in [-0.1, -0.05) is 283 Å².